The molecule has 5 rings (SSSR count). The van der Waals surface area contributed by atoms with Crippen LogP contribution in [-0.2, 0) is 6.54 Å². The fourth-order valence-corrected chi connectivity index (χ4v) is 5.35. The lowest BCUT2D eigenvalue weighted by Crippen LogP contribution is -2.22. The number of aromatic hydroxyl groups is 1. The molecule has 0 spiro atoms. The highest BCUT2D eigenvalue weighted by molar-refractivity contribution is 7.99. The highest BCUT2D eigenvalue weighted by atomic mass is 35.5. The largest absolute Gasteiger partial charge is 0.508 e. The van der Waals surface area contributed by atoms with Gasteiger partial charge in [-0.3, -0.25) is 9.59 Å². The summed E-state index contributed by atoms with van der Waals surface area (Å²) in [5, 5.41) is 16.5. The monoisotopic (exact) mass is 493 g/mol. The third kappa shape index (κ3) is 4.59. The van der Waals surface area contributed by atoms with Crippen molar-refractivity contribution < 1.29 is 14.7 Å². The maximum atomic E-state index is 12.8. The van der Waals surface area contributed by atoms with Gasteiger partial charge in [0.15, 0.2) is 0 Å². The average molecular weight is 494 g/mol. The number of anilines is 1. The molecule has 3 aromatic carbocycles. The van der Waals surface area contributed by atoms with Gasteiger partial charge in [-0.1, -0.05) is 23.4 Å². The van der Waals surface area contributed by atoms with Crippen molar-refractivity contribution in [1.82, 2.24) is 10.3 Å². The van der Waals surface area contributed by atoms with Crippen molar-refractivity contribution in [2.45, 2.75) is 16.3 Å². The van der Waals surface area contributed by atoms with Gasteiger partial charge in [0.1, 0.15) is 10.8 Å². The average Bonchev–Trinajstić information content (AvgIpc) is 3.23. The van der Waals surface area contributed by atoms with Crippen molar-refractivity contribution >= 4 is 52.2 Å². The van der Waals surface area contributed by atoms with Crippen molar-refractivity contribution in [3.05, 3.63) is 87.9 Å². The molecule has 4 aromatic rings. The fourth-order valence-electron chi connectivity index (χ4n) is 3.33. The van der Waals surface area contributed by atoms with Gasteiger partial charge < -0.3 is 15.7 Å². The first-order valence-corrected chi connectivity index (χ1v) is 11.9. The van der Waals surface area contributed by atoms with E-state index < -0.39 is 0 Å². The minimum atomic E-state index is -0.261. The topological polar surface area (TPSA) is 91.3 Å². The molecule has 0 saturated heterocycles. The summed E-state index contributed by atoms with van der Waals surface area (Å²) in [6.45, 7) is 0.330. The molecule has 0 atom stereocenters. The lowest BCUT2D eigenvalue weighted by molar-refractivity contribution is 0.0949. The zero-order chi connectivity index (χ0) is 22.9. The maximum absolute atomic E-state index is 12.8. The normalized spacial score (nSPS) is 12.3. The number of thiazole rings is 1. The van der Waals surface area contributed by atoms with Crippen molar-refractivity contribution in [2.24, 2.45) is 0 Å². The van der Waals surface area contributed by atoms with E-state index in [1.54, 1.807) is 54.7 Å². The Morgan fingerprint density at radius 3 is 2.67 bits per heavy atom. The number of phenolic OH excluding ortho intramolecular Hbond substituents is 1. The summed E-state index contributed by atoms with van der Waals surface area (Å²) < 4.78 is 0. The first-order valence-electron chi connectivity index (χ1n) is 9.91. The summed E-state index contributed by atoms with van der Waals surface area (Å²) in [6, 6.07) is 17.3. The van der Waals surface area contributed by atoms with Gasteiger partial charge in [0.25, 0.3) is 11.8 Å². The highest BCUT2D eigenvalue weighted by Crippen LogP contribution is 2.40. The van der Waals surface area contributed by atoms with Crippen molar-refractivity contribution in [2.75, 3.05) is 5.32 Å². The second-order valence-corrected chi connectivity index (χ2v) is 9.90. The van der Waals surface area contributed by atoms with E-state index in [4.69, 9.17) is 11.6 Å². The molecule has 3 N–H and O–H groups in total. The van der Waals surface area contributed by atoms with Crippen LogP contribution in [0.3, 0.4) is 0 Å². The van der Waals surface area contributed by atoms with Crippen LogP contribution in [0, 0.1) is 0 Å². The summed E-state index contributed by atoms with van der Waals surface area (Å²) in [5.74, 6) is -0.310. The lowest BCUT2D eigenvalue weighted by Gasteiger charge is -2.09. The van der Waals surface area contributed by atoms with E-state index in [2.05, 4.69) is 15.6 Å². The Kier molecular flexibility index (Phi) is 5.80. The van der Waals surface area contributed by atoms with E-state index in [0.717, 1.165) is 25.2 Å². The van der Waals surface area contributed by atoms with E-state index in [1.807, 2.05) is 12.1 Å². The number of aromatic nitrogens is 1. The Morgan fingerprint density at radius 1 is 1.06 bits per heavy atom. The molecule has 6 nitrogen and oxygen atoms in total. The van der Waals surface area contributed by atoms with Crippen LogP contribution in [0.5, 0.6) is 5.75 Å². The smallest absolute Gasteiger partial charge is 0.256 e. The van der Waals surface area contributed by atoms with Crippen LogP contribution in [0.15, 0.2) is 76.7 Å². The Morgan fingerprint density at radius 2 is 1.85 bits per heavy atom. The van der Waals surface area contributed by atoms with Crippen molar-refractivity contribution in [3.8, 4) is 16.3 Å². The zero-order valence-corrected chi connectivity index (χ0v) is 19.4. The summed E-state index contributed by atoms with van der Waals surface area (Å²) in [6.07, 6.45) is 1.73. The van der Waals surface area contributed by atoms with Crippen LogP contribution < -0.4 is 10.6 Å². The Labute approximate surface area is 202 Å². The van der Waals surface area contributed by atoms with Crippen LogP contribution in [0.4, 0.5) is 5.69 Å². The molecular formula is C24H16ClN3O3S2. The number of nitrogens with zero attached hydrogens (tertiary/aromatic N) is 1. The molecule has 33 heavy (non-hydrogen) atoms. The first kappa shape index (κ1) is 21.5. The number of fused-ring (bicyclic) bond motifs is 2. The predicted molar refractivity (Wildman–Crippen MR) is 130 cm³/mol. The van der Waals surface area contributed by atoms with Gasteiger partial charge in [-0.25, -0.2) is 4.98 Å². The van der Waals surface area contributed by atoms with Gasteiger partial charge in [0, 0.05) is 37.0 Å². The number of carbonyl (C=O) groups excluding carboxylic acids is 2. The third-order valence-electron chi connectivity index (χ3n) is 4.99. The Bertz CT molecular complexity index is 1390. The zero-order valence-electron chi connectivity index (χ0n) is 17.0. The van der Waals surface area contributed by atoms with E-state index in [1.165, 1.54) is 23.1 Å². The molecule has 9 heteroatoms. The summed E-state index contributed by atoms with van der Waals surface area (Å²) >= 11 is 8.97. The number of carbonyl (C=O) groups is 2. The summed E-state index contributed by atoms with van der Waals surface area (Å²) in [7, 11) is 0. The number of nitrogens with one attached hydrogen (secondary N) is 2. The number of phenols is 1. The SMILES string of the molecule is O=C(NCc1cnc(-c2ccc(O)cc2)s1)c1ccc2c(c1)NC(=O)c1cc(Cl)ccc1S2. The molecule has 164 valence electrons. The highest BCUT2D eigenvalue weighted by Gasteiger charge is 2.21. The van der Waals surface area contributed by atoms with Crippen LogP contribution in [0.25, 0.3) is 10.6 Å². The Balaban J connectivity index is 1.29. The molecule has 0 fully saturated rings. The number of hydrogen-bond acceptors (Lipinski definition) is 6. The van der Waals surface area contributed by atoms with Gasteiger partial charge in [-0.2, -0.15) is 0 Å². The minimum absolute atomic E-state index is 0.200. The quantitative estimate of drug-likeness (QED) is 0.333. The molecule has 2 amide bonds. The van der Waals surface area contributed by atoms with Crippen LogP contribution >= 0.6 is 34.7 Å². The van der Waals surface area contributed by atoms with E-state index in [-0.39, 0.29) is 17.6 Å². The molecule has 0 bridgehead atoms. The molecular weight excluding hydrogens is 478 g/mol. The van der Waals surface area contributed by atoms with Crippen LogP contribution in [0.1, 0.15) is 25.6 Å². The number of rotatable bonds is 4. The Hall–Kier alpha value is -3.33. The summed E-state index contributed by atoms with van der Waals surface area (Å²) in [5.41, 5.74) is 2.43. The predicted octanol–water partition coefficient (Wildman–Crippen LogP) is 5.82. The molecule has 0 radical (unpaired) electrons. The van der Waals surface area contributed by atoms with Gasteiger partial charge in [0.05, 0.1) is 17.8 Å². The van der Waals surface area contributed by atoms with Gasteiger partial charge in [-0.15, -0.1) is 11.3 Å². The molecule has 0 aliphatic carbocycles. The van der Waals surface area contributed by atoms with E-state index in [9.17, 15) is 14.7 Å². The van der Waals surface area contributed by atoms with Crippen molar-refractivity contribution in [3.63, 3.8) is 0 Å². The lowest BCUT2D eigenvalue weighted by atomic mass is 10.1. The maximum Gasteiger partial charge on any atom is 0.256 e. The second kappa shape index (κ2) is 8.90. The number of benzene rings is 3. The fraction of sp³-hybridized carbons (Fsp3) is 0.0417. The number of amides is 2. The second-order valence-electron chi connectivity index (χ2n) is 7.27. The van der Waals surface area contributed by atoms with Crippen LogP contribution in [-0.4, -0.2) is 21.9 Å². The molecule has 0 unspecified atom stereocenters. The van der Waals surface area contributed by atoms with E-state index >= 15 is 0 Å². The standard InChI is InChI=1S/C24H16ClN3O3S2/c25-15-4-8-20-18(10-15)23(31)28-19-9-14(3-7-21(19)33-20)22(30)26-11-17-12-27-24(32-17)13-1-5-16(29)6-2-13/h1-10,12,29H,11H2,(H,26,30)(H,28,31). The molecule has 0 saturated carbocycles. The molecule has 1 aliphatic rings. The minimum Gasteiger partial charge on any atom is -0.508 e. The van der Waals surface area contributed by atoms with E-state index in [0.29, 0.717) is 28.4 Å². The molecule has 1 aliphatic heterocycles. The molecule has 1 aromatic heterocycles. The van der Waals surface area contributed by atoms with Crippen LogP contribution in [0.2, 0.25) is 5.02 Å². The summed E-state index contributed by atoms with van der Waals surface area (Å²) in [4.78, 5) is 32.4. The van der Waals surface area contributed by atoms with Gasteiger partial charge >= 0.3 is 0 Å². The number of halogens is 1. The third-order valence-corrected chi connectivity index (χ3v) is 7.42. The first-order chi connectivity index (χ1) is 16.0. The molecule has 2 heterocycles. The van der Waals surface area contributed by atoms with Crippen molar-refractivity contribution in [1.29, 1.82) is 0 Å². The number of hydrogen-bond donors (Lipinski definition) is 3. The van der Waals surface area contributed by atoms with Gasteiger partial charge in [-0.05, 0) is 60.7 Å². The van der Waals surface area contributed by atoms with Gasteiger partial charge in [0.2, 0.25) is 0 Å².